The molecule has 0 heterocycles. The molecule has 3 nitrogen and oxygen atoms in total. The quantitative estimate of drug-likeness (QED) is 0.526. The van der Waals surface area contributed by atoms with E-state index in [0.29, 0.717) is 12.8 Å². The number of ketones is 1. The second-order valence-electron chi connectivity index (χ2n) is 7.23. The van der Waals surface area contributed by atoms with Crippen LogP contribution >= 0.6 is 0 Å². The van der Waals surface area contributed by atoms with Gasteiger partial charge in [-0.1, -0.05) is 45.1 Å². The van der Waals surface area contributed by atoms with E-state index in [9.17, 15) is 9.59 Å². The Morgan fingerprint density at radius 3 is 2.77 bits per heavy atom. The number of carbonyl (C=O) groups is 2. The van der Waals surface area contributed by atoms with Gasteiger partial charge in [-0.15, -0.1) is 0 Å². The van der Waals surface area contributed by atoms with Crippen LogP contribution in [0.5, 0.6) is 0 Å². The first-order valence-corrected chi connectivity index (χ1v) is 8.92. The Kier molecular flexibility index (Phi) is 5.82. The van der Waals surface area contributed by atoms with Gasteiger partial charge in [0.15, 0.2) is 11.9 Å². The van der Waals surface area contributed by atoms with Crippen LogP contribution in [0.2, 0.25) is 0 Å². The predicted octanol–water partition coefficient (Wildman–Crippen LogP) is 4.74. The molecule has 1 fully saturated rings. The van der Waals surface area contributed by atoms with Crippen LogP contribution in [0.4, 0.5) is 0 Å². The molecular weight excluding hydrogens is 276 g/mol. The van der Waals surface area contributed by atoms with Gasteiger partial charge in [0.2, 0.25) is 0 Å². The average Bonchev–Trinajstić information content (AvgIpc) is 2.49. The van der Waals surface area contributed by atoms with Crippen molar-refractivity contribution in [3.63, 3.8) is 0 Å². The van der Waals surface area contributed by atoms with Gasteiger partial charge in [0.05, 0.1) is 0 Å². The van der Waals surface area contributed by atoms with Gasteiger partial charge in [-0.05, 0) is 43.6 Å². The molecule has 0 saturated heterocycles. The second kappa shape index (κ2) is 7.43. The van der Waals surface area contributed by atoms with Crippen molar-refractivity contribution in [3.05, 3.63) is 11.1 Å². The fraction of sp³-hybridized carbons (Fsp3) is 0.789. The molecule has 2 rings (SSSR count). The number of Topliss-reactive ketones (excluding diaryl/α,β-unsaturated/α-hetero) is 1. The van der Waals surface area contributed by atoms with E-state index in [1.807, 2.05) is 6.92 Å². The summed E-state index contributed by atoms with van der Waals surface area (Å²) in [4.78, 5) is 24.5. The van der Waals surface area contributed by atoms with E-state index in [1.54, 1.807) is 0 Å². The zero-order chi connectivity index (χ0) is 16.2. The van der Waals surface area contributed by atoms with E-state index in [1.165, 1.54) is 18.4 Å². The van der Waals surface area contributed by atoms with Crippen molar-refractivity contribution in [1.82, 2.24) is 0 Å². The summed E-state index contributed by atoms with van der Waals surface area (Å²) in [6.07, 6.45) is 9.33. The third kappa shape index (κ3) is 3.80. The highest BCUT2D eigenvalue weighted by atomic mass is 16.5. The van der Waals surface area contributed by atoms with Crippen LogP contribution in [0.3, 0.4) is 0 Å². The monoisotopic (exact) mass is 306 g/mol. The Morgan fingerprint density at radius 2 is 2.05 bits per heavy atom. The fourth-order valence-corrected chi connectivity index (χ4v) is 4.04. The number of hydrogen-bond donors (Lipinski definition) is 0. The van der Waals surface area contributed by atoms with Gasteiger partial charge >= 0.3 is 5.97 Å². The number of unbranched alkanes of at least 4 members (excludes halogenated alkanes) is 3. The Balaban J connectivity index is 1.96. The maximum absolute atomic E-state index is 12.5. The summed E-state index contributed by atoms with van der Waals surface area (Å²) in [6.45, 7) is 6.30. The third-order valence-electron chi connectivity index (χ3n) is 5.39. The molecule has 0 unspecified atom stereocenters. The lowest BCUT2D eigenvalue weighted by atomic mass is 9.63. The molecule has 2 aliphatic rings. The lowest BCUT2D eigenvalue weighted by molar-refractivity contribution is -0.156. The number of hydrogen-bond acceptors (Lipinski definition) is 3. The van der Waals surface area contributed by atoms with Crippen LogP contribution in [0, 0.1) is 5.41 Å². The summed E-state index contributed by atoms with van der Waals surface area (Å²) in [7, 11) is 0. The molecule has 0 aromatic rings. The van der Waals surface area contributed by atoms with Crippen LogP contribution in [-0.2, 0) is 14.3 Å². The van der Waals surface area contributed by atoms with Crippen LogP contribution in [-0.4, -0.2) is 17.9 Å². The molecule has 1 saturated carbocycles. The topological polar surface area (TPSA) is 43.4 Å². The maximum atomic E-state index is 12.5. The van der Waals surface area contributed by atoms with Crippen molar-refractivity contribution >= 4 is 11.8 Å². The lowest BCUT2D eigenvalue weighted by Gasteiger charge is -2.43. The smallest absolute Gasteiger partial charge is 0.306 e. The zero-order valence-corrected chi connectivity index (χ0v) is 14.4. The molecular formula is C19H30O3. The summed E-state index contributed by atoms with van der Waals surface area (Å²) in [5, 5.41) is 0. The van der Waals surface area contributed by atoms with E-state index in [4.69, 9.17) is 4.74 Å². The minimum atomic E-state index is -0.550. The van der Waals surface area contributed by atoms with Gasteiger partial charge in [0, 0.05) is 12.8 Å². The van der Waals surface area contributed by atoms with Gasteiger partial charge < -0.3 is 4.74 Å². The van der Waals surface area contributed by atoms with Crippen molar-refractivity contribution in [2.45, 2.75) is 91.1 Å². The third-order valence-corrected chi connectivity index (χ3v) is 5.39. The molecule has 124 valence electrons. The molecule has 0 bridgehead atoms. The minimum Gasteiger partial charge on any atom is -0.454 e. The molecule has 22 heavy (non-hydrogen) atoms. The Morgan fingerprint density at radius 1 is 1.27 bits per heavy atom. The number of ether oxygens (including phenoxy) is 1. The Labute approximate surface area is 134 Å². The van der Waals surface area contributed by atoms with E-state index in [2.05, 4.69) is 13.8 Å². The SMILES string of the molecule is CCCCCCC(=O)O[C@@H]1C[C@]2(C)CCCCC2=C(C)C1=O. The molecule has 0 aromatic carbocycles. The highest BCUT2D eigenvalue weighted by Crippen LogP contribution is 2.49. The summed E-state index contributed by atoms with van der Waals surface area (Å²) < 4.78 is 5.55. The molecule has 2 atom stereocenters. The highest BCUT2D eigenvalue weighted by Gasteiger charge is 2.44. The molecule has 3 heteroatoms. The van der Waals surface area contributed by atoms with Crippen molar-refractivity contribution in [2.24, 2.45) is 5.41 Å². The number of esters is 1. The molecule has 0 radical (unpaired) electrons. The molecule has 0 amide bonds. The van der Waals surface area contributed by atoms with Gasteiger partial charge in [0.25, 0.3) is 0 Å². The van der Waals surface area contributed by atoms with Crippen molar-refractivity contribution in [3.8, 4) is 0 Å². The largest absolute Gasteiger partial charge is 0.454 e. The average molecular weight is 306 g/mol. The number of carbonyl (C=O) groups excluding carboxylic acids is 2. The standard InChI is InChI=1S/C19H30O3/c1-4-5-6-7-11-17(20)22-16-13-19(3)12-9-8-10-15(19)14(2)18(16)21/h16H,4-13H2,1-3H3/t16-,19+/m1/s1. The van der Waals surface area contributed by atoms with Crippen molar-refractivity contribution < 1.29 is 14.3 Å². The number of fused-ring (bicyclic) bond motifs is 1. The number of allylic oxidation sites excluding steroid dienone is 1. The first-order chi connectivity index (χ1) is 10.5. The minimum absolute atomic E-state index is 0.0382. The Bertz CT molecular complexity index is 463. The molecule has 0 aromatic heterocycles. The van der Waals surface area contributed by atoms with Crippen LogP contribution in [0.25, 0.3) is 0 Å². The summed E-state index contributed by atoms with van der Waals surface area (Å²) in [5.74, 6) is -0.165. The van der Waals surface area contributed by atoms with Crippen molar-refractivity contribution in [2.75, 3.05) is 0 Å². The van der Waals surface area contributed by atoms with Crippen LogP contribution < -0.4 is 0 Å². The van der Waals surface area contributed by atoms with E-state index < -0.39 is 6.10 Å². The summed E-state index contributed by atoms with van der Waals surface area (Å²) >= 11 is 0. The highest BCUT2D eigenvalue weighted by molar-refractivity contribution is 6.01. The van der Waals surface area contributed by atoms with Crippen LogP contribution in [0.15, 0.2) is 11.1 Å². The Hall–Kier alpha value is -1.12. The van der Waals surface area contributed by atoms with E-state index in [0.717, 1.165) is 44.1 Å². The first kappa shape index (κ1) is 17.2. The fourth-order valence-electron chi connectivity index (χ4n) is 4.04. The zero-order valence-electron chi connectivity index (χ0n) is 14.4. The number of rotatable bonds is 6. The molecule has 2 aliphatic carbocycles. The van der Waals surface area contributed by atoms with Crippen molar-refractivity contribution in [1.29, 1.82) is 0 Å². The van der Waals surface area contributed by atoms with Gasteiger partial charge in [-0.2, -0.15) is 0 Å². The second-order valence-corrected chi connectivity index (χ2v) is 7.23. The normalized spacial score (nSPS) is 28.5. The summed E-state index contributed by atoms with van der Waals surface area (Å²) in [6, 6.07) is 0. The lowest BCUT2D eigenvalue weighted by Crippen LogP contribution is -2.41. The molecule has 0 aliphatic heterocycles. The molecule has 0 spiro atoms. The van der Waals surface area contributed by atoms with E-state index in [-0.39, 0.29) is 17.2 Å². The van der Waals surface area contributed by atoms with Gasteiger partial charge in [-0.25, -0.2) is 0 Å². The summed E-state index contributed by atoms with van der Waals surface area (Å²) in [5.41, 5.74) is 2.24. The maximum Gasteiger partial charge on any atom is 0.306 e. The predicted molar refractivity (Wildman–Crippen MR) is 87.5 cm³/mol. The van der Waals surface area contributed by atoms with Crippen LogP contribution in [0.1, 0.15) is 85.0 Å². The van der Waals surface area contributed by atoms with Gasteiger partial charge in [0.1, 0.15) is 0 Å². The van der Waals surface area contributed by atoms with Gasteiger partial charge in [-0.3, -0.25) is 9.59 Å². The first-order valence-electron chi connectivity index (χ1n) is 8.92. The molecule has 0 N–H and O–H groups in total. The van der Waals surface area contributed by atoms with E-state index >= 15 is 0 Å².